The maximum absolute atomic E-state index is 12.7. The smallest absolute Gasteiger partial charge is 0.326 e. The van der Waals surface area contributed by atoms with E-state index in [1.165, 1.54) is 7.11 Å². The van der Waals surface area contributed by atoms with E-state index in [9.17, 15) is 14.4 Å². The summed E-state index contributed by atoms with van der Waals surface area (Å²) >= 11 is 9.09. The molecule has 0 spiro atoms. The van der Waals surface area contributed by atoms with Crippen LogP contribution in [0.4, 0.5) is 4.79 Å². The van der Waals surface area contributed by atoms with Crippen molar-refractivity contribution in [2.24, 2.45) is 0 Å². The Morgan fingerprint density at radius 3 is 2.64 bits per heavy atom. The van der Waals surface area contributed by atoms with E-state index in [1.54, 1.807) is 32.1 Å². The Morgan fingerprint density at radius 1 is 1.24 bits per heavy atom. The summed E-state index contributed by atoms with van der Waals surface area (Å²) in [5, 5.41) is 0.0874. The van der Waals surface area contributed by atoms with Gasteiger partial charge in [-0.2, -0.15) is 0 Å². The molecule has 0 aliphatic carbocycles. The molecule has 0 atom stereocenters. The lowest BCUT2D eigenvalue weighted by Gasteiger charge is -2.14. The molecule has 1 heterocycles. The highest BCUT2D eigenvalue weighted by molar-refractivity contribution is 14.1. The number of amides is 2. The van der Waals surface area contributed by atoms with Crippen LogP contribution in [-0.4, -0.2) is 41.8 Å². The summed E-state index contributed by atoms with van der Waals surface area (Å²) in [5.41, 5.74) is 1.49. The van der Waals surface area contributed by atoms with Gasteiger partial charge >= 0.3 is 5.97 Å². The lowest BCUT2D eigenvalue weighted by atomic mass is 10.1. The fraction of sp³-hybridized carbons (Fsp3) is 0.261. The summed E-state index contributed by atoms with van der Waals surface area (Å²) in [4.78, 5) is 37.9. The number of thioether (sulfide) groups is 1. The number of methoxy groups -OCH3 is 1. The van der Waals surface area contributed by atoms with Gasteiger partial charge in [-0.05, 0) is 78.0 Å². The lowest BCUT2D eigenvalue weighted by Crippen LogP contribution is -2.35. The average molecular weight is 602 g/mol. The van der Waals surface area contributed by atoms with E-state index in [1.807, 2.05) is 24.3 Å². The van der Waals surface area contributed by atoms with Crippen LogP contribution in [0.5, 0.6) is 11.5 Å². The van der Waals surface area contributed by atoms with Gasteiger partial charge in [-0.3, -0.25) is 19.3 Å². The van der Waals surface area contributed by atoms with Crippen molar-refractivity contribution in [2.45, 2.75) is 26.6 Å². The quantitative estimate of drug-likeness (QED) is 0.224. The highest BCUT2D eigenvalue weighted by Crippen LogP contribution is 2.38. The number of carbonyl (C=O) groups excluding carboxylic acids is 3. The molecule has 0 radical (unpaired) electrons. The first-order chi connectivity index (χ1) is 15.7. The zero-order valence-corrected chi connectivity index (χ0v) is 21.8. The van der Waals surface area contributed by atoms with Crippen molar-refractivity contribution >= 4 is 69.1 Å². The lowest BCUT2D eigenvalue weighted by molar-refractivity contribution is -0.149. The third kappa shape index (κ3) is 6.42. The molecule has 1 aliphatic rings. The number of halogens is 2. The van der Waals surface area contributed by atoms with Gasteiger partial charge in [0.15, 0.2) is 11.5 Å². The Kier molecular flexibility index (Phi) is 8.66. The van der Waals surface area contributed by atoms with Crippen molar-refractivity contribution in [3.8, 4) is 11.5 Å². The first-order valence-electron chi connectivity index (χ1n) is 9.88. The Balaban J connectivity index is 1.79. The van der Waals surface area contributed by atoms with Gasteiger partial charge < -0.3 is 14.2 Å². The number of esters is 1. The summed E-state index contributed by atoms with van der Waals surface area (Å²) in [7, 11) is 1.52. The predicted octanol–water partition coefficient (Wildman–Crippen LogP) is 5.52. The fourth-order valence-corrected chi connectivity index (χ4v) is 4.76. The zero-order valence-electron chi connectivity index (χ0n) is 18.1. The van der Waals surface area contributed by atoms with E-state index in [0.29, 0.717) is 22.1 Å². The number of hydrogen-bond donors (Lipinski definition) is 0. The summed E-state index contributed by atoms with van der Waals surface area (Å²) in [6.45, 7) is 3.23. The van der Waals surface area contributed by atoms with Crippen LogP contribution in [0.25, 0.3) is 6.08 Å². The molecule has 7 nitrogen and oxygen atoms in total. The maximum Gasteiger partial charge on any atom is 0.326 e. The molecule has 2 aromatic rings. The van der Waals surface area contributed by atoms with Crippen molar-refractivity contribution in [3.63, 3.8) is 0 Å². The van der Waals surface area contributed by atoms with Crippen LogP contribution in [0.3, 0.4) is 0 Å². The molecular weight excluding hydrogens is 581 g/mol. The molecule has 0 aromatic heterocycles. The van der Waals surface area contributed by atoms with Crippen LogP contribution in [0, 0.1) is 3.57 Å². The number of nitrogens with zero attached hydrogens (tertiary/aromatic N) is 1. The largest absolute Gasteiger partial charge is 0.493 e. The second-order valence-electron chi connectivity index (χ2n) is 7.22. The summed E-state index contributed by atoms with van der Waals surface area (Å²) in [6, 6.07) is 10.9. The van der Waals surface area contributed by atoms with Gasteiger partial charge in [0.1, 0.15) is 13.2 Å². The van der Waals surface area contributed by atoms with Crippen LogP contribution >= 0.6 is 46.0 Å². The van der Waals surface area contributed by atoms with E-state index in [0.717, 1.165) is 25.8 Å². The van der Waals surface area contributed by atoms with E-state index in [2.05, 4.69) is 22.6 Å². The highest BCUT2D eigenvalue weighted by atomic mass is 127. The minimum absolute atomic E-state index is 0.208. The molecule has 33 heavy (non-hydrogen) atoms. The highest BCUT2D eigenvalue weighted by Gasteiger charge is 2.36. The number of imide groups is 1. The average Bonchev–Trinajstić information content (AvgIpc) is 3.00. The summed E-state index contributed by atoms with van der Waals surface area (Å²) in [5.74, 6) is -0.164. The first kappa shape index (κ1) is 25.4. The Bertz CT molecular complexity index is 1120. The van der Waals surface area contributed by atoms with Gasteiger partial charge in [-0.1, -0.05) is 29.8 Å². The first-order valence-corrected chi connectivity index (χ1v) is 12.2. The third-order valence-electron chi connectivity index (χ3n) is 4.41. The van der Waals surface area contributed by atoms with Crippen molar-refractivity contribution < 1.29 is 28.6 Å². The van der Waals surface area contributed by atoms with E-state index < -0.39 is 23.7 Å². The second kappa shape index (κ2) is 11.3. The second-order valence-corrected chi connectivity index (χ2v) is 9.78. The molecule has 0 saturated carbocycles. The van der Waals surface area contributed by atoms with E-state index >= 15 is 0 Å². The molecule has 0 unspecified atom stereocenters. The molecule has 174 valence electrons. The molecular formula is C23H21ClINO6S. The predicted molar refractivity (Wildman–Crippen MR) is 135 cm³/mol. The minimum Gasteiger partial charge on any atom is -0.493 e. The Labute approximate surface area is 214 Å². The summed E-state index contributed by atoms with van der Waals surface area (Å²) < 4.78 is 17.2. The minimum atomic E-state index is -0.634. The van der Waals surface area contributed by atoms with Gasteiger partial charge in [0.25, 0.3) is 11.1 Å². The molecule has 10 heteroatoms. The SMILES string of the molecule is COc1cc(/C=C2\SC(=O)N(CC(=O)OC(C)C)C2=O)cc(I)c1OCc1ccccc1Cl. The number of rotatable bonds is 8. The van der Waals surface area contributed by atoms with Crippen molar-refractivity contribution in [3.05, 3.63) is 61.0 Å². The van der Waals surface area contributed by atoms with Crippen LogP contribution < -0.4 is 9.47 Å². The van der Waals surface area contributed by atoms with Crippen molar-refractivity contribution in [1.82, 2.24) is 4.90 Å². The van der Waals surface area contributed by atoms with Gasteiger partial charge in [-0.25, -0.2) is 0 Å². The van der Waals surface area contributed by atoms with Gasteiger partial charge in [-0.15, -0.1) is 0 Å². The molecule has 1 fully saturated rings. The van der Waals surface area contributed by atoms with E-state index in [-0.39, 0.29) is 17.6 Å². The van der Waals surface area contributed by atoms with Gasteiger partial charge in [0, 0.05) is 10.6 Å². The molecule has 3 rings (SSSR count). The van der Waals surface area contributed by atoms with Gasteiger partial charge in [0.05, 0.1) is 21.7 Å². The number of carbonyl (C=O) groups is 3. The van der Waals surface area contributed by atoms with E-state index in [4.69, 9.17) is 25.8 Å². The Morgan fingerprint density at radius 2 is 1.97 bits per heavy atom. The van der Waals surface area contributed by atoms with Crippen LogP contribution in [0.2, 0.25) is 5.02 Å². The van der Waals surface area contributed by atoms with Crippen LogP contribution in [-0.2, 0) is 20.9 Å². The monoisotopic (exact) mass is 601 g/mol. The molecule has 2 amide bonds. The standard InChI is InChI=1S/C23H21ClINO6S/c1-13(2)32-20(27)11-26-22(28)19(33-23(26)29)10-14-8-17(25)21(18(9-14)30-3)31-12-15-6-4-5-7-16(15)24/h4-10,13H,11-12H2,1-3H3/b19-10-. The fourth-order valence-electron chi connectivity index (χ4n) is 2.95. The molecule has 1 saturated heterocycles. The number of hydrogen-bond acceptors (Lipinski definition) is 7. The third-order valence-corrected chi connectivity index (χ3v) is 6.48. The van der Waals surface area contributed by atoms with Crippen molar-refractivity contribution in [2.75, 3.05) is 13.7 Å². The van der Waals surface area contributed by atoms with Crippen LogP contribution in [0.15, 0.2) is 41.3 Å². The van der Waals surface area contributed by atoms with Crippen LogP contribution in [0.1, 0.15) is 25.0 Å². The molecule has 1 aliphatic heterocycles. The van der Waals surface area contributed by atoms with Gasteiger partial charge in [0.2, 0.25) is 0 Å². The number of benzene rings is 2. The maximum atomic E-state index is 12.7. The summed E-state index contributed by atoms with van der Waals surface area (Å²) in [6.07, 6.45) is 1.25. The zero-order chi connectivity index (χ0) is 24.1. The molecule has 2 aromatic carbocycles. The molecule has 0 bridgehead atoms. The normalized spacial score (nSPS) is 14.8. The topological polar surface area (TPSA) is 82.1 Å². The Hall–Kier alpha value is -2.24. The number of ether oxygens (including phenoxy) is 3. The molecule has 0 N–H and O–H groups in total. The van der Waals surface area contributed by atoms with Crippen molar-refractivity contribution in [1.29, 1.82) is 0 Å².